The van der Waals surface area contributed by atoms with E-state index in [1.807, 2.05) is 42.5 Å². The molecule has 3 aromatic rings. The summed E-state index contributed by atoms with van der Waals surface area (Å²) in [6, 6.07) is 14.9. The Morgan fingerprint density at radius 2 is 1.96 bits per heavy atom. The second-order valence-electron chi connectivity index (χ2n) is 6.88. The van der Waals surface area contributed by atoms with Gasteiger partial charge in [-0.2, -0.15) is 0 Å². The maximum atomic E-state index is 12.5. The summed E-state index contributed by atoms with van der Waals surface area (Å²) in [6.07, 6.45) is -0.121. The van der Waals surface area contributed by atoms with E-state index >= 15 is 0 Å². The van der Waals surface area contributed by atoms with Crippen LogP contribution in [0.3, 0.4) is 0 Å². The van der Waals surface area contributed by atoms with Crippen LogP contribution >= 0.6 is 0 Å². The molecule has 0 radical (unpaired) electrons. The molecule has 0 amide bonds. The fourth-order valence-corrected chi connectivity index (χ4v) is 3.59. The third-order valence-electron chi connectivity index (χ3n) is 4.89. The van der Waals surface area contributed by atoms with Gasteiger partial charge in [0, 0.05) is 12.5 Å². The number of rotatable bonds is 3. The highest BCUT2D eigenvalue weighted by atomic mass is 16.7. The fraction of sp³-hybridized carbons (Fsp3) is 0.273. The average molecular weight is 380 g/mol. The van der Waals surface area contributed by atoms with Crippen LogP contribution in [0.5, 0.6) is 5.75 Å². The van der Waals surface area contributed by atoms with Crippen molar-refractivity contribution in [3.63, 3.8) is 0 Å². The van der Waals surface area contributed by atoms with Crippen LogP contribution in [-0.2, 0) is 9.53 Å². The lowest BCUT2D eigenvalue weighted by Crippen LogP contribution is -2.50. The van der Waals surface area contributed by atoms with Gasteiger partial charge >= 0.3 is 11.8 Å². The standard InChI is InChI=1S/C22H20O6/c1-3-26-21(24)22(25)12-17(19-20(28-22)18(23)10-13(2)27-19)16-9-8-14-6-4-5-7-15(14)11-16/h4-11,17,25H,3,12H2,1-2H3/t17-,22+/m1/s1. The van der Waals surface area contributed by atoms with Crippen LogP contribution in [0.25, 0.3) is 10.8 Å². The Hall–Kier alpha value is -3.12. The monoisotopic (exact) mass is 380 g/mol. The molecule has 0 aliphatic carbocycles. The van der Waals surface area contributed by atoms with E-state index in [-0.39, 0.29) is 18.8 Å². The van der Waals surface area contributed by atoms with Crippen molar-refractivity contribution in [3.8, 4) is 5.75 Å². The van der Waals surface area contributed by atoms with Gasteiger partial charge in [0.25, 0.3) is 0 Å². The summed E-state index contributed by atoms with van der Waals surface area (Å²) in [4.78, 5) is 24.9. The highest BCUT2D eigenvalue weighted by molar-refractivity contribution is 5.83. The van der Waals surface area contributed by atoms with Crippen molar-refractivity contribution in [1.82, 2.24) is 0 Å². The van der Waals surface area contributed by atoms with Crippen molar-refractivity contribution >= 4 is 16.7 Å². The maximum absolute atomic E-state index is 12.5. The summed E-state index contributed by atoms with van der Waals surface area (Å²) in [5.74, 6) is -3.16. The van der Waals surface area contributed by atoms with Gasteiger partial charge in [-0.05, 0) is 30.2 Å². The molecule has 6 heteroatoms. The molecule has 2 atom stereocenters. The Morgan fingerprint density at radius 3 is 2.71 bits per heavy atom. The van der Waals surface area contributed by atoms with Gasteiger partial charge in [-0.25, -0.2) is 4.79 Å². The Balaban J connectivity index is 1.89. The molecule has 28 heavy (non-hydrogen) atoms. The van der Waals surface area contributed by atoms with Crippen LogP contribution in [-0.4, -0.2) is 23.5 Å². The van der Waals surface area contributed by atoms with Crippen molar-refractivity contribution < 1.29 is 23.8 Å². The van der Waals surface area contributed by atoms with Crippen molar-refractivity contribution in [2.75, 3.05) is 6.61 Å². The minimum Gasteiger partial charge on any atom is -0.462 e. The van der Waals surface area contributed by atoms with E-state index < -0.39 is 23.1 Å². The smallest absolute Gasteiger partial charge is 0.379 e. The second-order valence-corrected chi connectivity index (χ2v) is 6.88. The minimum atomic E-state index is -2.26. The highest BCUT2D eigenvalue weighted by Gasteiger charge is 2.49. The number of ether oxygens (including phenoxy) is 2. The summed E-state index contributed by atoms with van der Waals surface area (Å²) in [5, 5.41) is 12.9. The van der Waals surface area contributed by atoms with Gasteiger partial charge < -0.3 is 19.0 Å². The molecule has 0 saturated heterocycles. The molecule has 0 spiro atoms. The van der Waals surface area contributed by atoms with Crippen LogP contribution in [0.2, 0.25) is 0 Å². The van der Waals surface area contributed by atoms with Gasteiger partial charge in [-0.15, -0.1) is 0 Å². The molecule has 0 fully saturated rings. The van der Waals surface area contributed by atoms with Crippen LogP contribution in [0, 0.1) is 6.92 Å². The summed E-state index contributed by atoms with van der Waals surface area (Å²) in [7, 11) is 0. The Bertz CT molecular complexity index is 1120. The molecule has 1 N–H and O–H groups in total. The quantitative estimate of drug-likeness (QED) is 0.702. The minimum absolute atomic E-state index is 0.0838. The zero-order chi connectivity index (χ0) is 19.9. The molecule has 6 nitrogen and oxygen atoms in total. The zero-order valence-corrected chi connectivity index (χ0v) is 15.6. The first-order valence-electron chi connectivity index (χ1n) is 9.13. The van der Waals surface area contributed by atoms with Gasteiger partial charge in [-0.3, -0.25) is 4.79 Å². The number of benzene rings is 2. The van der Waals surface area contributed by atoms with E-state index in [0.29, 0.717) is 11.5 Å². The predicted octanol–water partition coefficient (Wildman–Crippen LogP) is 3.27. The van der Waals surface area contributed by atoms with E-state index in [9.17, 15) is 14.7 Å². The SMILES string of the molecule is CCOC(=O)[C@]1(O)C[C@H](c2ccc3ccccc3c2)c2oc(C)cc(=O)c2O1. The molecule has 1 aliphatic heterocycles. The number of hydrogen-bond donors (Lipinski definition) is 1. The number of esters is 1. The van der Waals surface area contributed by atoms with Crippen LogP contribution in [0.15, 0.2) is 57.7 Å². The molecule has 4 rings (SSSR count). The number of aryl methyl sites for hydroxylation is 1. The second kappa shape index (κ2) is 6.80. The van der Waals surface area contributed by atoms with Crippen LogP contribution in [0.4, 0.5) is 0 Å². The first-order valence-corrected chi connectivity index (χ1v) is 9.13. The van der Waals surface area contributed by atoms with E-state index in [2.05, 4.69) is 0 Å². The highest BCUT2D eigenvalue weighted by Crippen LogP contribution is 2.43. The van der Waals surface area contributed by atoms with E-state index in [4.69, 9.17) is 13.9 Å². The lowest BCUT2D eigenvalue weighted by Gasteiger charge is -2.35. The summed E-state index contributed by atoms with van der Waals surface area (Å²) < 4.78 is 16.2. The fourth-order valence-electron chi connectivity index (χ4n) is 3.59. The van der Waals surface area contributed by atoms with Gasteiger partial charge in [0.2, 0.25) is 11.2 Å². The molecule has 1 aliphatic rings. The van der Waals surface area contributed by atoms with E-state index in [1.165, 1.54) is 6.07 Å². The molecule has 2 aromatic carbocycles. The van der Waals surface area contributed by atoms with Crippen LogP contribution < -0.4 is 10.2 Å². The van der Waals surface area contributed by atoms with E-state index in [0.717, 1.165) is 16.3 Å². The summed E-state index contributed by atoms with van der Waals surface area (Å²) in [5.41, 5.74) is 0.353. The lowest BCUT2D eigenvalue weighted by molar-refractivity contribution is -0.206. The number of aliphatic hydroxyl groups is 1. The summed E-state index contributed by atoms with van der Waals surface area (Å²) in [6.45, 7) is 3.39. The van der Waals surface area contributed by atoms with Crippen molar-refractivity contribution in [2.45, 2.75) is 32.0 Å². The molecular weight excluding hydrogens is 360 g/mol. The average Bonchev–Trinajstić information content (AvgIpc) is 2.68. The van der Waals surface area contributed by atoms with Crippen molar-refractivity contribution in [3.05, 3.63) is 75.8 Å². The zero-order valence-electron chi connectivity index (χ0n) is 15.6. The molecule has 0 saturated carbocycles. The topological polar surface area (TPSA) is 86.0 Å². The Kier molecular flexibility index (Phi) is 4.43. The normalized spacial score (nSPS) is 21.0. The molecule has 144 valence electrons. The molecule has 0 unspecified atom stereocenters. The summed E-state index contributed by atoms with van der Waals surface area (Å²) >= 11 is 0. The van der Waals surface area contributed by atoms with E-state index in [1.54, 1.807) is 13.8 Å². The van der Waals surface area contributed by atoms with Crippen molar-refractivity contribution in [2.24, 2.45) is 0 Å². The molecular formula is C22H20O6. The Morgan fingerprint density at radius 1 is 1.21 bits per heavy atom. The molecule has 2 heterocycles. The largest absolute Gasteiger partial charge is 0.462 e. The van der Waals surface area contributed by atoms with Gasteiger partial charge in [0.05, 0.1) is 12.5 Å². The van der Waals surface area contributed by atoms with Gasteiger partial charge in [0.15, 0.2) is 5.76 Å². The number of hydrogen-bond acceptors (Lipinski definition) is 6. The maximum Gasteiger partial charge on any atom is 0.379 e. The first kappa shape index (κ1) is 18.3. The number of fused-ring (bicyclic) bond motifs is 2. The van der Waals surface area contributed by atoms with Gasteiger partial charge in [-0.1, -0.05) is 42.5 Å². The molecule has 1 aromatic heterocycles. The number of carbonyl (C=O) groups is 1. The van der Waals surface area contributed by atoms with Crippen LogP contribution in [0.1, 0.15) is 36.3 Å². The Labute approximate surface area is 161 Å². The number of carbonyl (C=O) groups excluding carboxylic acids is 1. The third-order valence-corrected chi connectivity index (χ3v) is 4.89. The third kappa shape index (κ3) is 3.05. The predicted molar refractivity (Wildman–Crippen MR) is 102 cm³/mol. The van der Waals surface area contributed by atoms with Crippen molar-refractivity contribution in [1.29, 1.82) is 0 Å². The lowest BCUT2D eigenvalue weighted by atomic mass is 9.85. The molecule has 0 bridgehead atoms. The van der Waals surface area contributed by atoms with Gasteiger partial charge in [0.1, 0.15) is 5.76 Å². The first-order chi connectivity index (χ1) is 13.4.